The molecule has 4 nitrogen and oxygen atoms in total. The zero-order valence-corrected chi connectivity index (χ0v) is 14.3. The van der Waals surface area contributed by atoms with E-state index in [4.69, 9.17) is 4.74 Å². The normalized spacial score (nSPS) is 18.2. The number of carbonyl (C=O) groups excluding carboxylic acids is 2. The monoisotopic (exact) mass is 331 g/mol. The summed E-state index contributed by atoms with van der Waals surface area (Å²) in [5.74, 6) is -0.494. The van der Waals surface area contributed by atoms with Crippen LogP contribution in [0.5, 0.6) is 0 Å². The highest BCUT2D eigenvalue weighted by atomic mass is 32.1. The van der Waals surface area contributed by atoms with Crippen LogP contribution in [0.4, 0.5) is 0 Å². The number of aryl methyl sites for hydroxylation is 1. The van der Waals surface area contributed by atoms with Gasteiger partial charge in [-0.1, -0.05) is 18.2 Å². The maximum absolute atomic E-state index is 12.3. The molecule has 0 aliphatic carbocycles. The molecule has 1 aromatic carbocycles. The Kier molecular flexibility index (Phi) is 4.66. The van der Waals surface area contributed by atoms with Gasteiger partial charge in [0.05, 0.1) is 0 Å². The highest BCUT2D eigenvalue weighted by Gasteiger charge is 2.25. The molecule has 1 aliphatic heterocycles. The molecule has 23 heavy (non-hydrogen) atoms. The van der Waals surface area contributed by atoms with E-state index in [-0.39, 0.29) is 18.6 Å². The Morgan fingerprint density at radius 2 is 2.09 bits per heavy atom. The maximum Gasteiger partial charge on any atom is 0.349 e. The topological polar surface area (TPSA) is 46.6 Å². The summed E-state index contributed by atoms with van der Waals surface area (Å²) < 4.78 is 6.34. The summed E-state index contributed by atoms with van der Waals surface area (Å²) >= 11 is 1.42. The number of likely N-dealkylation sites (tertiary alicyclic amines) is 1. The number of nitrogens with zero attached hydrogens (tertiary/aromatic N) is 1. The van der Waals surface area contributed by atoms with Crippen molar-refractivity contribution in [2.75, 3.05) is 13.2 Å². The quantitative estimate of drug-likeness (QED) is 0.804. The first-order valence-electron chi connectivity index (χ1n) is 8.02. The van der Waals surface area contributed by atoms with E-state index >= 15 is 0 Å². The molecular formula is C18H21NO3S. The third kappa shape index (κ3) is 3.24. The third-order valence-corrected chi connectivity index (χ3v) is 5.73. The van der Waals surface area contributed by atoms with Gasteiger partial charge in [-0.3, -0.25) is 4.79 Å². The second kappa shape index (κ2) is 6.71. The van der Waals surface area contributed by atoms with E-state index in [1.165, 1.54) is 11.3 Å². The van der Waals surface area contributed by atoms with Crippen molar-refractivity contribution < 1.29 is 14.3 Å². The lowest BCUT2D eigenvalue weighted by atomic mass is 10.0. The fraction of sp³-hybridized carbons (Fsp3) is 0.444. The van der Waals surface area contributed by atoms with Crippen LogP contribution in [0.25, 0.3) is 10.1 Å². The van der Waals surface area contributed by atoms with Crippen LogP contribution < -0.4 is 0 Å². The van der Waals surface area contributed by atoms with Crippen LogP contribution in [-0.2, 0) is 9.53 Å². The molecule has 122 valence electrons. The molecule has 0 saturated carbocycles. The molecule has 0 N–H and O–H groups in total. The molecule has 3 rings (SSSR count). The number of carbonyl (C=O) groups is 2. The molecule has 5 heteroatoms. The summed E-state index contributed by atoms with van der Waals surface area (Å²) in [5, 5.41) is 1.07. The Bertz CT molecular complexity index is 737. The molecule has 2 heterocycles. The van der Waals surface area contributed by atoms with Crippen molar-refractivity contribution in [2.24, 2.45) is 0 Å². The van der Waals surface area contributed by atoms with E-state index in [2.05, 4.69) is 6.92 Å². The Morgan fingerprint density at radius 3 is 2.83 bits per heavy atom. The van der Waals surface area contributed by atoms with Crippen LogP contribution in [0, 0.1) is 6.92 Å². The molecule has 1 saturated heterocycles. The summed E-state index contributed by atoms with van der Waals surface area (Å²) in [6.45, 7) is 4.56. The largest absolute Gasteiger partial charge is 0.451 e. The van der Waals surface area contributed by atoms with Gasteiger partial charge in [-0.15, -0.1) is 11.3 Å². The Hall–Kier alpha value is -1.88. The highest BCUT2D eigenvalue weighted by Crippen LogP contribution is 2.31. The summed E-state index contributed by atoms with van der Waals surface area (Å²) in [5.41, 5.74) is 0.925. The standard InChI is InChI=1S/C18H21NO3S/c1-12-7-5-6-10-19(12)16(20)11-22-18(21)17-13(2)14-8-3-4-9-15(14)23-17/h3-4,8-9,12H,5-7,10-11H2,1-2H3/t12-/m0/s1. The first-order chi connectivity index (χ1) is 11.1. The molecule has 0 unspecified atom stereocenters. The van der Waals surface area contributed by atoms with Gasteiger partial charge in [0.25, 0.3) is 5.91 Å². The van der Waals surface area contributed by atoms with Gasteiger partial charge in [0.15, 0.2) is 6.61 Å². The molecule has 1 aliphatic rings. The minimum atomic E-state index is -0.401. The van der Waals surface area contributed by atoms with E-state index in [1.54, 1.807) is 0 Å². The first kappa shape index (κ1) is 16.0. The molecule has 1 aromatic heterocycles. The fourth-order valence-electron chi connectivity index (χ4n) is 3.11. The lowest BCUT2D eigenvalue weighted by Gasteiger charge is -2.33. The van der Waals surface area contributed by atoms with Crippen molar-refractivity contribution in [2.45, 2.75) is 39.2 Å². The van der Waals surface area contributed by atoms with Gasteiger partial charge in [-0.25, -0.2) is 4.79 Å². The predicted molar refractivity (Wildman–Crippen MR) is 91.9 cm³/mol. The molecule has 0 spiro atoms. The van der Waals surface area contributed by atoms with Crippen LogP contribution in [0.1, 0.15) is 41.4 Å². The number of rotatable bonds is 3. The van der Waals surface area contributed by atoms with E-state index < -0.39 is 5.97 Å². The zero-order chi connectivity index (χ0) is 16.4. The number of ether oxygens (including phenoxy) is 1. The molecular weight excluding hydrogens is 310 g/mol. The molecule has 2 aromatic rings. The van der Waals surface area contributed by atoms with Gasteiger partial charge in [0.2, 0.25) is 0 Å². The van der Waals surface area contributed by atoms with Gasteiger partial charge in [0.1, 0.15) is 4.88 Å². The van der Waals surface area contributed by atoms with Crippen LogP contribution in [-0.4, -0.2) is 36.0 Å². The molecule has 0 bridgehead atoms. The van der Waals surface area contributed by atoms with Gasteiger partial charge < -0.3 is 9.64 Å². The van der Waals surface area contributed by atoms with Crippen molar-refractivity contribution in [3.63, 3.8) is 0 Å². The number of fused-ring (bicyclic) bond motifs is 1. The van der Waals surface area contributed by atoms with Gasteiger partial charge in [-0.05, 0) is 50.1 Å². The lowest BCUT2D eigenvalue weighted by molar-refractivity contribution is -0.137. The van der Waals surface area contributed by atoms with Crippen molar-refractivity contribution in [1.82, 2.24) is 4.90 Å². The van der Waals surface area contributed by atoms with Gasteiger partial charge in [-0.2, -0.15) is 0 Å². The minimum absolute atomic E-state index is 0.0932. The summed E-state index contributed by atoms with van der Waals surface area (Å²) in [6.07, 6.45) is 3.21. The number of piperidine rings is 1. The Morgan fingerprint density at radius 1 is 1.30 bits per heavy atom. The van der Waals surface area contributed by atoms with Crippen molar-refractivity contribution >= 4 is 33.3 Å². The molecule has 1 fully saturated rings. The van der Waals surface area contributed by atoms with E-state index in [1.807, 2.05) is 36.1 Å². The van der Waals surface area contributed by atoms with Gasteiger partial charge >= 0.3 is 5.97 Å². The molecule has 1 amide bonds. The highest BCUT2D eigenvalue weighted by molar-refractivity contribution is 7.21. The van der Waals surface area contributed by atoms with E-state index in [0.717, 1.165) is 41.5 Å². The van der Waals surface area contributed by atoms with E-state index in [9.17, 15) is 9.59 Å². The molecule has 0 radical (unpaired) electrons. The van der Waals surface area contributed by atoms with Crippen LogP contribution in [0.2, 0.25) is 0 Å². The number of benzene rings is 1. The SMILES string of the molecule is Cc1c(C(=O)OCC(=O)N2CCCC[C@@H]2C)sc2ccccc12. The average Bonchev–Trinajstić information content (AvgIpc) is 2.90. The zero-order valence-electron chi connectivity index (χ0n) is 13.5. The predicted octanol–water partition coefficient (Wildman–Crippen LogP) is 3.77. The second-order valence-corrected chi connectivity index (χ2v) is 7.11. The second-order valence-electron chi connectivity index (χ2n) is 6.06. The fourth-order valence-corrected chi connectivity index (χ4v) is 4.22. The van der Waals surface area contributed by atoms with Crippen LogP contribution in [0.3, 0.4) is 0 Å². The van der Waals surface area contributed by atoms with Crippen molar-refractivity contribution in [3.05, 3.63) is 34.7 Å². The number of hydrogen-bond acceptors (Lipinski definition) is 4. The Labute approximate surface area is 140 Å². The summed E-state index contributed by atoms with van der Waals surface area (Å²) in [4.78, 5) is 27.0. The van der Waals surface area contributed by atoms with Crippen molar-refractivity contribution in [3.8, 4) is 0 Å². The smallest absolute Gasteiger partial charge is 0.349 e. The number of amides is 1. The van der Waals surface area contributed by atoms with Crippen LogP contribution in [0.15, 0.2) is 24.3 Å². The first-order valence-corrected chi connectivity index (χ1v) is 8.84. The summed E-state index contributed by atoms with van der Waals surface area (Å²) in [7, 11) is 0. The van der Waals surface area contributed by atoms with Crippen molar-refractivity contribution in [1.29, 1.82) is 0 Å². The number of esters is 1. The molecule has 1 atom stereocenters. The van der Waals surface area contributed by atoms with Gasteiger partial charge in [0, 0.05) is 17.3 Å². The average molecular weight is 331 g/mol. The Balaban J connectivity index is 1.66. The minimum Gasteiger partial charge on any atom is -0.451 e. The van der Waals surface area contributed by atoms with Crippen LogP contribution >= 0.6 is 11.3 Å². The third-order valence-electron chi connectivity index (χ3n) is 4.48. The number of thiophene rings is 1. The summed E-state index contributed by atoms with van der Waals surface area (Å²) in [6, 6.07) is 8.14. The van der Waals surface area contributed by atoms with E-state index in [0.29, 0.717) is 4.88 Å². The lowest BCUT2D eigenvalue weighted by Crippen LogP contribution is -2.44. The number of hydrogen-bond donors (Lipinski definition) is 0. The maximum atomic E-state index is 12.3.